The molecule has 3 heterocycles. The van der Waals surface area contributed by atoms with Crippen molar-refractivity contribution < 1.29 is 0 Å². The molecule has 2 atom stereocenters. The number of anilines is 3. The van der Waals surface area contributed by atoms with Crippen LogP contribution in [0.15, 0.2) is 36.4 Å². The summed E-state index contributed by atoms with van der Waals surface area (Å²) in [4.78, 5) is 14.9. The van der Waals surface area contributed by atoms with E-state index < -0.39 is 0 Å². The summed E-state index contributed by atoms with van der Waals surface area (Å²) < 4.78 is 0. The highest BCUT2D eigenvalue weighted by Crippen LogP contribution is 2.40. The number of nitrogens with zero attached hydrogens (tertiary/aromatic N) is 4. The van der Waals surface area contributed by atoms with Gasteiger partial charge in [0.25, 0.3) is 0 Å². The van der Waals surface area contributed by atoms with Crippen molar-refractivity contribution >= 4 is 34.9 Å². The number of piperidine rings is 1. The molecule has 2 N–H and O–H groups in total. The van der Waals surface area contributed by atoms with Gasteiger partial charge in [0.1, 0.15) is 11.6 Å². The molecule has 3 aliphatic rings. The maximum atomic E-state index is 5.80. The zero-order chi connectivity index (χ0) is 25.7. The molecule has 1 saturated carbocycles. The van der Waals surface area contributed by atoms with Gasteiger partial charge in [-0.2, -0.15) is 9.97 Å². The number of aromatic nitrogens is 2. The van der Waals surface area contributed by atoms with E-state index in [-0.39, 0.29) is 5.41 Å². The Morgan fingerprint density at radius 3 is 2.16 bits per heavy atom. The quantitative estimate of drug-likeness (QED) is 0.444. The van der Waals surface area contributed by atoms with Crippen LogP contribution in [0.4, 0.5) is 17.6 Å². The lowest BCUT2D eigenvalue weighted by Crippen LogP contribution is -2.41. The zero-order valence-corrected chi connectivity index (χ0v) is 23.5. The summed E-state index contributed by atoms with van der Waals surface area (Å²) in [7, 11) is 0. The SMILES string of the molecule is CC1CC(C)CN(c2cc(N3CCCCCC3)nc(NC(=S)NCC3(c4ccccc4)CCCC3)n2)C1. The van der Waals surface area contributed by atoms with Crippen LogP contribution < -0.4 is 20.4 Å². The molecule has 0 spiro atoms. The van der Waals surface area contributed by atoms with E-state index in [4.69, 9.17) is 22.2 Å². The minimum Gasteiger partial charge on any atom is -0.361 e. The second kappa shape index (κ2) is 12.0. The predicted octanol–water partition coefficient (Wildman–Crippen LogP) is 6.14. The Labute approximate surface area is 228 Å². The first-order chi connectivity index (χ1) is 18.0. The Morgan fingerprint density at radius 1 is 0.892 bits per heavy atom. The van der Waals surface area contributed by atoms with E-state index in [0.717, 1.165) is 44.4 Å². The molecular weight excluding hydrogens is 476 g/mol. The van der Waals surface area contributed by atoms with Gasteiger partial charge in [-0.05, 0) is 61.7 Å². The van der Waals surface area contributed by atoms with Gasteiger partial charge in [0.2, 0.25) is 5.95 Å². The molecule has 6 nitrogen and oxygen atoms in total. The fraction of sp³-hybridized carbons (Fsp3) is 0.633. The lowest BCUT2D eigenvalue weighted by atomic mass is 9.79. The average Bonchev–Trinajstić information content (AvgIpc) is 3.22. The van der Waals surface area contributed by atoms with Crippen LogP contribution in [0.1, 0.15) is 77.2 Å². The first-order valence-electron chi connectivity index (χ1n) is 14.5. The molecule has 2 saturated heterocycles. The second-order valence-corrected chi connectivity index (χ2v) is 12.2. The number of nitrogens with one attached hydrogen (secondary N) is 2. The van der Waals surface area contributed by atoms with Gasteiger partial charge < -0.3 is 20.4 Å². The summed E-state index contributed by atoms with van der Waals surface area (Å²) in [6.07, 6.45) is 11.3. The molecule has 5 rings (SSSR count). The Bertz CT molecular complexity index is 1020. The Morgan fingerprint density at radius 2 is 1.51 bits per heavy atom. The smallest absolute Gasteiger partial charge is 0.232 e. The average molecular weight is 521 g/mol. The third-order valence-electron chi connectivity index (χ3n) is 8.58. The molecule has 37 heavy (non-hydrogen) atoms. The molecule has 0 radical (unpaired) electrons. The molecular formula is C30H44N6S. The predicted molar refractivity (Wildman–Crippen MR) is 159 cm³/mol. The van der Waals surface area contributed by atoms with E-state index in [1.165, 1.54) is 63.4 Å². The molecule has 0 amide bonds. The van der Waals surface area contributed by atoms with Crippen molar-refractivity contribution in [2.75, 3.05) is 47.8 Å². The van der Waals surface area contributed by atoms with Crippen LogP contribution in [0, 0.1) is 11.8 Å². The molecule has 2 aromatic rings. The molecule has 200 valence electrons. The van der Waals surface area contributed by atoms with Crippen molar-refractivity contribution in [1.82, 2.24) is 15.3 Å². The Balaban J connectivity index is 1.33. The van der Waals surface area contributed by atoms with Crippen molar-refractivity contribution in [2.45, 2.75) is 77.0 Å². The van der Waals surface area contributed by atoms with Crippen LogP contribution in [0.3, 0.4) is 0 Å². The van der Waals surface area contributed by atoms with E-state index in [1.807, 2.05) is 0 Å². The number of hydrogen-bond donors (Lipinski definition) is 2. The van der Waals surface area contributed by atoms with Crippen molar-refractivity contribution in [3.8, 4) is 0 Å². The van der Waals surface area contributed by atoms with Gasteiger partial charge in [0.15, 0.2) is 5.11 Å². The Kier molecular flexibility index (Phi) is 8.48. The maximum Gasteiger partial charge on any atom is 0.232 e. The van der Waals surface area contributed by atoms with Gasteiger partial charge in [-0.25, -0.2) is 0 Å². The lowest BCUT2D eigenvalue weighted by Gasteiger charge is -2.36. The van der Waals surface area contributed by atoms with Crippen LogP contribution in [0.2, 0.25) is 0 Å². The normalized spacial score (nSPS) is 23.9. The number of thiocarbonyl (C=S) groups is 1. The van der Waals surface area contributed by atoms with Crippen molar-refractivity contribution in [1.29, 1.82) is 0 Å². The van der Waals surface area contributed by atoms with E-state index >= 15 is 0 Å². The van der Waals surface area contributed by atoms with Gasteiger partial charge in [-0.3, -0.25) is 0 Å². The highest BCUT2D eigenvalue weighted by molar-refractivity contribution is 7.80. The standard InChI is InChI=1S/C30H44N6S/c1-23-18-24(2)21-36(20-23)27-19-26(35-16-10-3-4-11-17-35)32-28(33-27)34-29(37)31-22-30(14-8-9-15-30)25-12-6-5-7-13-25/h5-7,12-13,19,23-24H,3-4,8-11,14-18,20-22H2,1-2H3,(H2,31,32,33,34,37). The highest BCUT2D eigenvalue weighted by Gasteiger charge is 2.35. The number of hydrogen-bond acceptors (Lipinski definition) is 5. The van der Waals surface area contributed by atoms with Crippen molar-refractivity contribution in [3.63, 3.8) is 0 Å². The second-order valence-electron chi connectivity index (χ2n) is 11.8. The first-order valence-corrected chi connectivity index (χ1v) is 14.9. The molecule has 3 fully saturated rings. The van der Waals surface area contributed by atoms with E-state index in [1.54, 1.807) is 0 Å². The van der Waals surface area contributed by atoms with E-state index in [9.17, 15) is 0 Å². The monoisotopic (exact) mass is 520 g/mol. The van der Waals surface area contributed by atoms with Crippen LogP contribution in [-0.2, 0) is 5.41 Å². The van der Waals surface area contributed by atoms with Crippen LogP contribution in [0.5, 0.6) is 0 Å². The van der Waals surface area contributed by atoms with Gasteiger partial charge >= 0.3 is 0 Å². The molecule has 0 bridgehead atoms. The third-order valence-corrected chi connectivity index (χ3v) is 8.83. The van der Waals surface area contributed by atoms with Gasteiger partial charge in [0, 0.05) is 44.2 Å². The molecule has 1 aliphatic carbocycles. The molecule has 1 aromatic heterocycles. The third kappa shape index (κ3) is 6.54. The van der Waals surface area contributed by atoms with Gasteiger partial charge in [0.05, 0.1) is 0 Å². The minimum atomic E-state index is 0.146. The van der Waals surface area contributed by atoms with E-state index in [2.05, 4.69) is 70.7 Å². The summed E-state index contributed by atoms with van der Waals surface area (Å²) in [5.74, 6) is 4.00. The zero-order valence-electron chi connectivity index (χ0n) is 22.7. The molecule has 2 aliphatic heterocycles. The molecule has 1 aromatic carbocycles. The summed E-state index contributed by atoms with van der Waals surface area (Å²) in [6.45, 7) is 9.75. The van der Waals surface area contributed by atoms with Crippen LogP contribution >= 0.6 is 12.2 Å². The van der Waals surface area contributed by atoms with Crippen LogP contribution in [-0.4, -0.2) is 47.8 Å². The molecule has 7 heteroatoms. The number of rotatable bonds is 6. The molecule has 2 unspecified atom stereocenters. The number of benzene rings is 1. The van der Waals surface area contributed by atoms with Gasteiger partial charge in [-0.1, -0.05) is 69.9 Å². The summed E-state index contributed by atoms with van der Waals surface area (Å²) >= 11 is 5.80. The highest BCUT2D eigenvalue weighted by atomic mass is 32.1. The lowest BCUT2D eigenvalue weighted by molar-refractivity contribution is 0.355. The largest absolute Gasteiger partial charge is 0.361 e. The fourth-order valence-electron chi connectivity index (χ4n) is 6.76. The Hall–Kier alpha value is -2.41. The summed E-state index contributed by atoms with van der Waals surface area (Å²) in [6, 6.07) is 13.1. The topological polar surface area (TPSA) is 56.3 Å². The fourth-order valence-corrected chi connectivity index (χ4v) is 6.92. The minimum absolute atomic E-state index is 0.146. The van der Waals surface area contributed by atoms with Crippen LogP contribution in [0.25, 0.3) is 0 Å². The van der Waals surface area contributed by atoms with E-state index in [0.29, 0.717) is 22.9 Å². The van der Waals surface area contributed by atoms with Crippen molar-refractivity contribution in [3.05, 3.63) is 42.0 Å². The van der Waals surface area contributed by atoms with Crippen molar-refractivity contribution in [2.24, 2.45) is 11.8 Å². The first kappa shape index (κ1) is 26.2. The summed E-state index contributed by atoms with van der Waals surface area (Å²) in [5, 5.41) is 7.54. The maximum absolute atomic E-state index is 5.80. The van der Waals surface area contributed by atoms with Gasteiger partial charge in [-0.15, -0.1) is 0 Å². The summed E-state index contributed by atoms with van der Waals surface area (Å²) in [5.41, 5.74) is 1.56.